The lowest BCUT2D eigenvalue weighted by Crippen LogP contribution is -2.02. The third-order valence-electron chi connectivity index (χ3n) is 3.50. The molecule has 4 aromatic rings. The summed E-state index contributed by atoms with van der Waals surface area (Å²) in [6.45, 7) is 0. The Labute approximate surface area is 146 Å². The topological polar surface area (TPSA) is 80.4 Å². The van der Waals surface area contributed by atoms with Crippen molar-refractivity contribution in [3.05, 3.63) is 76.2 Å². The molecule has 0 bridgehead atoms. The zero-order chi connectivity index (χ0) is 17.1. The van der Waals surface area contributed by atoms with Crippen LogP contribution in [0.3, 0.4) is 0 Å². The number of pyridine rings is 1. The van der Waals surface area contributed by atoms with Gasteiger partial charge in [0.15, 0.2) is 0 Å². The van der Waals surface area contributed by atoms with Crippen LogP contribution in [-0.2, 0) is 0 Å². The summed E-state index contributed by atoms with van der Waals surface area (Å²) in [5.41, 5.74) is 4.94. The van der Waals surface area contributed by atoms with Crippen molar-refractivity contribution >= 4 is 33.7 Å². The Morgan fingerprint density at radius 2 is 2.00 bits per heavy atom. The standard InChI is InChI=1S/C18H12N4O2S/c23-17-14(9-13-3-1-2-4-16(13)24-17)15-11-25-18(21-15)22-20-10-12-5-7-19-8-6-12/h1-11H,(H,21,22)/b20-10+. The van der Waals surface area contributed by atoms with Crippen molar-refractivity contribution in [3.8, 4) is 11.3 Å². The van der Waals surface area contributed by atoms with E-state index in [9.17, 15) is 4.79 Å². The molecule has 0 aliphatic rings. The van der Waals surface area contributed by atoms with Crippen LogP contribution < -0.4 is 11.1 Å². The number of nitrogens with zero attached hydrogens (tertiary/aromatic N) is 3. The minimum Gasteiger partial charge on any atom is -0.422 e. The molecule has 0 spiro atoms. The van der Waals surface area contributed by atoms with Gasteiger partial charge in [0.25, 0.3) is 0 Å². The lowest BCUT2D eigenvalue weighted by molar-refractivity contribution is 0.563. The van der Waals surface area contributed by atoms with Gasteiger partial charge in [-0.1, -0.05) is 18.2 Å². The fraction of sp³-hybridized carbons (Fsp3) is 0. The van der Waals surface area contributed by atoms with Gasteiger partial charge in [-0.3, -0.25) is 10.4 Å². The Morgan fingerprint density at radius 1 is 1.16 bits per heavy atom. The maximum absolute atomic E-state index is 12.2. The average Bonchev–Trinajstić information content (AvgIpc) is 3.11. The molecule has 25 heavy (non-hydrogen) atoms. The van der Waals surface area contributed by atoms with E-state index in [0.717, 1.165) is 10.9 Å². The van der Waals surface area contributed by atoms with Crippen molar-refractivity contribution in [2.45, 2.75) is 0 Å². The predicted molar refractivity (Wildman–Crippen MR) is 99.0 cm³/mol. The van der Waals surface area contributed by atoms with E-state index in [1.807, 2.05) is 30.3 Å². The van der Waals surface area contributed by atoms with Crippen LogP contribution in [0.4, 0.5) is 5.13 Å². The second kappa shape index (κ2) is 6.66. The minimum absolute atomic E-state index is 0.407. The van der Waals surface area contributed by atoms with Crippen molar-refractivity contribution in [2.75, 3.05) is 5.43 Å². The fourth-order valence-electron chi connectivity index (χ4n) is 2.30. The summed E-state index contributed by atoms with van der Waals surface area (Å²) < 4.78 is 5.35. The van der Waals surface area contributed by atoms with Crippen LogP contribution in [0.5, 0.6) is 0 Å². The normalized spacial score (nSPS) is 11.2. The van der Waals surface area contributed by atoms with Crippen LogP contribution in [0.25, 0.3) is 22.2 Å². The number of anilines is 1. The number of aromatic nitrogens is 2. The zero-order valence-electron chi connectivity index (χ0n) is 12.9. The van der Waals surface area contributed by atoms with Crippen molar-refractivity contribution in [3.63, 3.8) is 0 Å². The Kier molecular flexibility index (Phi) is 4.05. The molecule has 6 nitrogen and oxygen atoms in total. The van der Waals surface area contributed by atoms with Crippen LogP contribution in [0, 0.1) is 0 Å². The van der Waals surface area contributed by atoms with E-state index in [0.29, 0.717) is 22.0 Å². The van der Waals surface area contributed by atoms with Gasteiger partial charge in [0.05, 0.1) is 17.5 Å². The number of nitrogens with one attached hydrogen (secondary N) is 1. The third kappa shape index (κ3) is 3.31. The molecule has 7 heteroatoms. The molecule has 1 N–H and O–H groups in total. The number of hydrogen-bond donors (Lipinski definition) is 1. The van der Waals surface area contributed by atoms with E-state index < -0.39 is 5.63 Å². The molecule has 0 saturated heterocycles. The maximum Gasteiger partial charge on any atom is 0.345 e. The zero-order valence-corrected chi connectivity index (χ0v) is 13.7. The number of benzene rings is 1. The summed E-state index contributed by atoms with van der Waals surface area (Å²) in [5.74, 6) is 0. The monoisotopic (exact) mass is 348 g/mol. The second-order valence-electron chi connectivity index (χ2n) is 5.17. The first-order chi connectivity index (χ1) is 12.3. The highest BCUT2D eigenvalue weighted by Gasteiger charge is 2.11. The Hall–Kier alpha value is -3.32. The molecule has 0 unspecified atom stereocenters. The van der Waals surface area contributed by atoms with E-state index in [2.05, 4.69) is 20.5 Å². The average molecular weight is 348 g/mol. The second-order valence-corrected chi connectivity index (χ2v) is 6.03. The summed E-state index contributed by atoms with van der Waals surface area (Å²) in [5, 5.41) is 7.38. The fourth-order valence-corrected chi connectivity index (χ4v) is 2.96. The first kappa shape index (κ1) is 15.2. The van der Waals surface area contributed by atoms with Gasteiger partial charge < -0.3 is 4.42 Å². The van der Waals surface area contributed by atoms with Crippen molar-refractivity contribution in [1.29, 1.82) is 0 Å². The summed E-state index contributed by atoms with van der Waals surface area (Å²) in [6.07, 6.45) is 5.07. The minimum atomic E-state index is -0.407. The Bertz CT molecular complexity index is 1100. The van der Waals surface area contributed by atoms with E-state index in [1.54, 1.807) is 36.1 Å². The number of hydrogen-bond acceptors (Lipinski definition) is 7. The maximum atomic E-state index is 12.2. The smallest absolute Gasteiger partial charge is 0.345 e. The molecule has 0 atom stereocenters. The molecule has 3 heterocycles. The van der Waals surface area contributed by atoms with Crippen LogP contribution in [0.15, 0.2) is 74.6 Å². The quantitative estimate of drug-likeness (QED) is 0.345. The van der Waals surface area contributed by atoms with E-state index in [4.69, 9.17) is 4.42 Å². The molecule has 0 fully saturated rings. The van der Waals surface area contributed by atoms with Gasteiger partial charge in [-0.15, -0.1) is 11.3 Å². The number of rotatable bonds is 4. The molecule has 4 rings (SSSR count). The Balaban J connectivity index is 1.58. The van der Waals surface area contributed by atoms with Gasteiger partial charge >= 0.3 is 5.63 Å². The summed E-state index contributed by atoms with van der Waals surface area (Å²) >= 11 is 1.36. The Morgan fingerprint density at radius 3 is 2.88 bits per heavy atom. The number of fused-ring (bicyclic) bond motifs is 1. The molecular weight excluding hydrogens is 336 g/mol. The molecule has 0 aliphatic carbocycles. The highest BCUT2D eigenvalue weighted by atomic mass is 32.1. The van der Waals surface area contributed by atoms with Gasteiger partial charge in [-0.25, -0.2) is 9.78 Å². The van der Waals surface area contributed by atoms with Gasteiger partial charge in [0, 0.05) is 23.2 Å². The van der Waals surface area contributed by atoms with Crippen LogP contribution >= 0.6 is 11.3 Å². The molecule has 3 aromatic heterocycles. The summed E-state index contributed by atoms with van der Waals surface area (Å²) in [6, 6.07) is 12.9. The third-order valence-corrected chi connectivity index (χ3v) is 4.25. The van der Waals surface area contributed by atoms with Crippen molar-refractivity contribution in [2.24, 2.45) is 5.10 Å². The predicted octanol–water partition coefficient (Wildman–Crippen LogP) is 3.76. The highest BCUT2D eigenvalue weighted by Crippen LogP contribution is 2.25. The molecule has 0 saturated carbocycles. The largest absolute Gasteiger partial charge is 0.422 e. The van der Waals surface area contributed by atoms with Gasteiger partial charge in [-0.2, -0.15) is 5.10 Å². The number of thiazole rings is 1. The van der Waals surface area contributed by atoms with Gasteiger partial charge in [0.2, 0.25) is 5.13 Å². The van der Waals surface area contributed by atoms with Crippen LogP contribution in [0.1, 0.15) is 5.56 Å². The molecule has 0 radical (unpaired) electrons. The van der Waals surface area contributed by atoms with Crippen molar-refractivity contribution < 1.29 is 4.42 Å². The first-order valence-corrected chi connectivity index (χ1v) is 8.35. The van der Waals surface area contributed by atoms with E-state index >= 15 is 0 Å². The SMILES string of the molecule is O=c1oc2ccccc2cc1-c1csc(N/N=C/c2ccncc2)n1. The van der Waals surface area contributed by atoms with E-state index in [1.165, 1.54) is 11.3 Å². The molecule has 0 amide bonds. The lowest BCUT2D eigenvalue weighted by Gasteiger charge is -1.99. The first-order valence-electron chi connectivity index (χ1n) is 7.47. The summed E-state index contributed by atoms with van der Waals surface area (Å²) in [4.78, 5) is 20.5. The van der Waals surface area contributed by atoms with Gasteiger partial charge in [0.1, 0.15) is 5.58 Å². The van der Waals surface area contributed by atoms with Crippen LogP contribution in [0.2, 0.25) is 0 Å². The highest BCUT2D eigenvalue weighted by molar-refractivity contribution is 7.14. The molecule has 0 aliphatic heterocycles. The lowest BCUT2D eigenvalue weighted by atomic mass is 10.1. The molecule has 1 aromatic carbocycles. The number of para-hydroxylation sites is 1. The van der Waals surface area contributed by atoms with Crippen molar-refractivity contribution in [1.82, 2.24) is 9.97 Å². The summed E-state index contributed by atoms with van der Waals surface area (Å²) in [7, 11) is 0. The van der Waals surface area contributed by atoms with Gasteiger partial charge in [-0.05, 0) is 29.8 Å². The molecule has 122 valence electrons. The molecular formula is C18H12N4O2S. The van der Waals surface area contributed by atoms with Crippen LogP contribution in [-0.4, -0.2) is 16.2 Å². The van der Waals surface area contributed by atoms with E-state index in [-0.39, 0.29) is 0 Å². The number of hydrazone groups is 1.